The van der Waals surface area contributed by atoms with Gasteiger partial charge in [-0.05, 0) is 243 Å². The van der Waals surface area contributed by atoms with Gasteiger partial charge in [0, 0.05) is 0 Å². The first-order valence-electron chi connectivity index (χ1n) is 33.7. The maximum absolute atomic E-state index is 12.7. The van der Waals surface area contributed by atoms with Crippen LogP contribution in [0, 0.1) is 0 Å². The van der Waals surface area contributed by atoms with Crippen molar-refractivity contribution >= 4 is 119 Å². The highest BCUT2D eigenvalue weighted by Gasteiger charge is 2.27. The number of esters is 2. The first kappa shape index (κ1) is 86.0. The van der Waals surface area contributed by atoms with Crippen LogP contribution in [0.2, 0.25) is 0 Å². The molecule has 0 bridgehead atoms. The Morgan fingerprint density at radius 1 is 0.107 bits per heavy atom. The minimum absolute atomic E-state index is 0.0595. The molecule has 10 aromatic carbocycles. The molecule has 10 rings (SSSR count). The van der Waals surface area contributed by atoms with Gasteiger partial charge in [-0.2, -0.15) is 0 Å². The summed E-state index contributed by atoms with van der Waals surface area (Å²) in [6.07, 6.45) is 0. The number of carbonyl (C=O) groups excluding carboxylic acids is 20. The van der Waals surface area contributed by atoms with Gasteiger partial charge in [0.2, 0.25) is 0 Å². The molecule has 0 N–H and O–H groups in total. The van der Waals surface area contributed by atoms with E-state index in [0.29, 0.717) is 0 Å². The first-order valence-corrected chi connectivity index (χ1v) is 33.7. The fourth-order valence-corrected chi connectivity index (χ4v) is 9.21. The molecule has 0 aliphatic carbocycles. The summed E-state index contributed by atoms with van der Waals surface area (Å²) >= 11 is 0. The molecule has 40 heteroatoms. The van der Waals surface area contributed by atoms with Gasteiger partial charge < -0.3 is 9.47 Å². The second-order valence-electron chi connectivity index (χ2n) is 23.4. The van der Waals surface area contributed by atoms with Crippen molar-refractivity contribution in [2.24, 2.45) is 0 Å². The molecule has 0 fully saturated rings. The van der Waals surface area contributed by atoms with E-state index in [-0.39, 0.29) is 111 Å². The summed E-state index contributed by atoms with van der Waals surface area (Å²) < 4.78 is 9.15. The number of hydrogen-bond acceptors (Lipinski definition) is 40. The summed E-state index contributed by atoms with van der Waals surface area (Å²) in [6, 6.07) is 44.1. The van der Waals surface area contributed by atoms with Crippen LogP contribution in [0.1, 0.15) is 207 Å². The molecule has 0 spiro atoms. The van der Waals surface area contributed by atoms with E-state index in [1.807, 2.05) is 0 Å². The van der Waals surface area contributed by atoms with Gasteiger partial charge in [-0.3, -0.25) is 0 Å². The Hall–Kier alpha value is -18.4. The molecule has 10 aromatic rings. The lowest BCUT2D eigenvalue weighted by molar-refractivity contribution is -0.188. The summed E-state index contributed by atoms with van der Waals surface area (Å²) in [4.78, 5) is 331. The zero-order valence-corrected chi connectivity index (χ0v) is 61.4. The van der Waals surface area contributed by atoms with Gasteiger partial charge in [0.15, 0.2) is 0 Å². The molecule has 0 radical (unpaired) electrons. The molecular weight excluding hydrogens is 1620 g/mol. The van der Waals surface area contributed by atoms with Crippen molar-refractivity contribution in [3.05, 3.63) is 354 Å². The Labute approximate surface area is 678 Å². The zero-order valence-electron chi connectivity index (χ0n) is 61.4. The van der Waals surface area contributed by atoms with Crippen LogP contribution in [0.3, 0.4) is 0 Å². The molecule has 0 aliphatic heterocycles. The van der Waals surface area contributed by atoms with Gasteiger partial charge in [-0.25, -0.2) is 184 Å². The van der Waals surface area contributed by atoms with E-state index in [2.05, 4.69) is 97.5 Å². The van der Waals surface area contributed by atoms with Gasteiger partial charge in [0.25, 0.3) is 0 Å². The summed E-state index contributed by atoms with van der Waals surface area (Å²) in [5.41, 5.74) is -3.61. The fourth-order valence-electron chi connectivity index (χ4n) is 9.21. The Balaban J connectivity index is 0.564. The third-order valence-corrected chi connectivity index (χ3v) is 15.7. The molecular formula is C82H46O40. The third-order valence-electron chi connectivity index (χ3n) is 15.7. The lowest BCUT2D eigenvalue weighted by atomic mass is 10.1. The molecule has 40 nitrogen and oxygen atoms in total. The van der Waals surface area contributed by atoms with E-state index < -0.39 is 119 Å². The Bertz CT molecular complexity index is 5340. The molecule has 0 saturated heterocycles. The number of carbonyl (C=O) groups is 20. The Morgan fingerprint density at radius 3 is 0.205 bits per heavy atom. The second-order valence-corrected chi connectivity index (χ2v) is 23.4. The van der Waals surface area contributed by atoms with Crippen LogP contribution in [-0.2, 0) is 97.5 Å². The summed E-state index contributed by atoms with van der Waals surface area (Å²) in [5.74, 6) is -22.7. The van der Waals surface area contributed by atoms with E-state index in [1.165, 1.54) is 62.8 Å². The minimum Gasteiger partial charge on any atom is -0.465 e. The van der Waals surface area contributed by atoms with Crippen molar-refractivity contribution in [2.45, 2.75) is 0 Å². The standard InChI is InChI=1S/C82H46O40/c1-103-63(83)43-3-7-45(8-4-43)65(85)105-107-67(87)47-11-15-49(16-12-47)69(89)109-111-71(91)51-19-23-53(24-20-51)73(93)113-115-75(95)55-27-31-57(32-28-55)77(97)117-119-79(99)59-35-39-61(40-36-59)81(101)121-122-82(102)62-41-37-60(38-42-62)80(100)120-118-78(98)58-33-29-56(30-34-58)76(96)116-114-74(94)54-25-21-52(22-26-54)72(92)112-110-70(90)50-17-13-48(14-18-50)68(88)108-106-66(86)46-9-5-44(6-10-46)64(84)104-2/h3-42H,1-2H3. The van der Waals surface area contributed by atoms with E-state index in [1.54, 1.807) is 0 Å². The molecule has 0 atom stereocenters. The molecule has 614 valence electrons. The zero-order chi connectivity index (χ0) is 87.5. The number of benzene rings is 10. The highest BCUT2D eigenvalue weighted by molar-refractivity contribution is 6.02. The molecule has 122 heavy (non-hydrogen) atoms. The van der Waals surface area contributed by atoms with Crippen LogP contribution in [0.15, 0.2) is 243 Å². The predicted octanol–water partition coefficient (Wildman–Crippen LogP) is 9.62. The first-order chi connectivity index (χ1) is 58.6. The molecule has 0 saturated carbocycles. The van der Waals surface area contributed by atoms with E-state index in [4.69, 9.17) is 0 Å². The van der Waals surface area contributed by atoms with Crippen LogP contribution in [0.25, 0.3) is 0 Å². The van der Waals surface area contributed by atoms with E-state index >= 15 is 0 Å². The number of methoxy groups -OCH3 is 2. The monoisotopic (exact) mass is 1670 g/mol. The highest BCUT2D eigenvalue weighted by atomic mass is 17.2. The summed E-state index contributed by atoms with van der Waals surface area (Å²) in [7, 11) is 2.35. The number of ether oxygens (including phenoxy) is 2. The van der Waals surface area contributed by atoms with Crippen LogP contribution < -0.4 is 0 Å². The lowest BCUT2D eigenvalue weighted by Crippen LogP contribution is -2.14. The van der Waals surface area contributed by atoms with Crippen LogP contribution in [-0.4, -0.2) is 134 Å². The number of hydrogen-bond donors (Lipinski definition) is 0. The van der Waals surface area contributed by atoms with Gasteiger partial charge in [0.1, 0.15) is 0 Å². The van der Waals surface area contributed by atoms with E-state index in [0.717, 1.165) is 194 Å². The Kier molecular flexibility index (Phi) is 28.6. The molecule has 0 unspecified atom stereocenters. The van der Waals surface area contributed by atoms with Crippen molar-refractivity contribution in [3.63, 3.8) is 0 Å². The molecule has 0 amide bonds. The second kappa shape index (κ2) is 40.6. The summed E-state index contributed by atoms with van der Waals surface area (Å²) in [5, 5.41) is 0. The SMILES string of the molecule is COC(=O)c1ccc(C(=O)OOC(=O)c2ccc(C(=O)OOC(=O)c3ccc(C(=O)OOC(=O)c4ccc(C(=O)OOC(=O)c5ccc(C(=O)OOC(=O)c6ccc(C(=O)OOC(=O)c7ccc(C(=O)OOC(=O)c8ccc(C(=O)OOC(=O)c9ccc(C(=O)OOC(=O)c%10ccc(C(=O)OC)cc%10)cc9)cc8)cc7)cc6)cc5)cc4)cc3)cc2)cc1. The summed E-state index contributed by atoms with van der Waals surface area (Å²) in [6.45, 7) is 0. The highest BCUT2D eigenvalue weighted by Crippen LogP contribution is 2.21. The van der Waals surface area contributed by atoms with Crippen LogP contribution in [0.5, 0.6) is 0 Å². The number of rotatable bonds is 20. The molecule has 0 aromatic heterocycles. The topological polar surface area (TPSA) is 526 Å². The fraction of sp³-hybridized carbons (Fsp3) is 0.0244. The maximum Gasteiger partial charge on any atom is 0.386 e. The smallest absolute Gasteiger partial charge is 0.386 e. The van der Waals surface area contributed by atoms with Crippen molar-refractivity contribution < 1.29 is 193 Å². The largest absolute Gasteiger partial charge is 0.465 e. The quantitative estimate of drug-likeness (QED) is 0.0389. The van der Waals surface area contributed by atoms with Gasteiger partial charge >= 0.3 is 119 Å². The normalized spacial score (nSPS) is 10.2. The van der Waals surface area contributed by atoms with Crippen LogP contribution in [0.4, 0.5) is 0 Å². The maximum atomic E-state index is 12.7. The van der Waals surface area contributed by atoms with Crippen molar-refractivity contribution in [1.82, 2.24) is 0 Å². The van der Waals surface area contributed by atoms with Gasteiger partial charge in [-0.1, -0.05) is 0 Å². The van der Waals surface area contributed by atoms with Crippen molar-refractivity contribution in [3.8, 4) is 0 Å². The van der Waals surface area contributed by atoms with Crippen molar-refractivity contribution in [2.75, 3.05) is 14.2 Å². The van der Waals surface area contributed by atoms with Gasteiger partial charge in [-0.15, -0.1) is 0 Å². The minimum atomic E-state index is -1.24. The average molecular weight is 1670 g/mol. The van der Waals surface area contributed by atoms with E-state index in [9.17, 15) is 95.9 Å². The van der Waals surface area contributed by atoms with Gasteiger partial charge in [0.05, 0.1) is 125 Å². The van der Waals surface area contributed by atoms with Crippen LogP contribution >= 0.6 is 0 Å². The predicted molar refractivity (Wildman–Crippen MR) is 385 cm³/mol. The molecule has 0 heterocycles. The lowest BCUT2D eigenvalue weighted by Gasteiger charge is -2.07. The average Bonchev–Trinajstić information content (AvgIpc) is 0.857. The molecule has 0 aliphatic rings. The third kappa shape index (κ3) is 23.2. The van der Waals surface area contributed by atoms with Crippen molar-refractivity contribution in [1.29, 1.82) is 0 Å². The Morgan fingerprint density at radius 2 is 0.156 bits per heavy atom.